The Balaban J connectivity index is 1.10. The molecular formula is C29H38N4O3. The average molecular weight is 491 g/mol. The van der Waals surface area contributed by atoms with E-state index in [9.17, 15) is 9.59 Å². The molecule has 7 nitrogen and oxygen atoms in total. The van der Waals surface area contributed by atoms with E-state index >= 15 is 0 Å². The molecule has 3 heterocycles. The summed E-state index contributed by atoms with van der Waals surface area (Å²) in [6.07, 6.45) is 9.81. The summed E-state index contributed by atoms with van der Waals surface area (Å²) >= 11 is 0. The lowest BCUT2D eigenvalue weighted by Gasteiger charge is -2.44. The zero-order valence-corrected chi connectivity index (χ0v) is 21.3. The van der Waals surface area contributed by atoms with Crippen molar-refractivity contribution in [2.24, 2.45) is 17.1 Å². The zero-order valence-electron chi connectivity index (χ0n) is 21.3. The second-order valence-electron chi connectivity index (χ2n) is 11.2. The molecule has 7 heteroatoms. The van der Waals surface area contributed by atoms with Crippen LogP contribution in [0.15, 0.2) is 42.6 Å². The van der Waals surface area contributed by atoms with Gasteiger partial charge in [0.15, 0.2) is 0 Å². The molecule has 1 aromatic carbocycles. The summed E-state index contributed by atoms with van der Waals surface area (Å²) in [7, 11) is 0. The van der Waals surface area contributed by atoms with Gasteiger partial charge >= 0.3 is 0 Å². The van der Waals surface area contributed by atoms with Crippen LogP contribution in [0.4, 0.5) is 0 Å². The molecule has 5 rings (SSSR count). The number of likely N-dealkylation sites (tertiary alicyclic amines) is 2. The third-order valence-corrected chi connectivity index (χ3v) is 8.38. The zero-order chi connectivity index (χ0) is 25.1. The molecule has 2 aliphatic heterocycles. The smallest absolute Gasteiger partial charge is 0.254 e. The highest BCUT2D eigenvalue weighted by atomic mass is 16.5. The van der Waals surface area contributed by atoms with Gasteiger partial charge in [-0.15, -0.1) is 0 Å². The van der Waals surface area contributed by atoms with Crippen LogP contribution in [0, 0.1) is 11.3 Å². The molecular weight excluding hydrogens is 452 g/mol. The second kappa shape index (κ2) is 10.6. The lowest BCUT2D eigenvalue weighted by atomic mass is 9.70. The van der Waals surface area contributed by atoms with Crippen molar-refractivity contribution in [1.82, 2.24) is 14.8 Å². The van der Waals surface area contributed by atoms with Crippen LogP contribution in [0.1, 0.15) is 62.2 Å². The van der Waals surface area contributed by atoms with Crippen LogP contribution < -0.4 is 10.5 Å². The van der Waals surface area contributed by atoms with E-state index in [1.54, 1.807) is 17.0 Å². The maximum atomic E-state index is 12.8. The van der Waals surface area contributed by atoms with Gasteiger partial charge in [0.05, 0.1) is 6.61 Å². The van der Waals surface area contributed by atoms with Crippen molar-refractivity contribution < 1.29 is 14.3 Å². The summed E-state index contributed by atoms with van der Waals surface area (Å²) in [4.78, 5) is 33.2. The van der Waals surface area contributed by atoms with E-state index in [1.165, 1.54) is 51.7 Å². The van der Waals surface area contributed by atoms with Crippen LogP contribution in [-0.4, -0.2) is 65.4 Å². The molecule has 0 unspecified atom stereocenters. The number of nitrogens with two attached hydrogens (primary N) is 1. The Hall–Kier alpha value is -2.93. The van der Waals surface area contributed by atoms with Gasteiger partial charge in [-0.2, -0.15) is 0 Å². The molecule has 0 radical (unpaired) electrons. The fraction of sp³-hybridized carbons (Fsp3) is 0.552. The number of piperidine rings is 1. The number of ether oxygens (including phenoxy) is 1. The highest BCUT2D eigenvalue weighted by molar-refractivity contribution is 5.98. The second-order valence-corrected chi connectivity index (χ2v) is 11.2. The summed E-state index contributed by atoms with van der Waals surface area (Å²) in [6, 6.07) is 10.9. The minimum absolute atomic E-state index is 0.146. The molecule has 36 heavy (non-hydrogen) atoms. The largest absolute Gasteiger partial charge is 0.477 e. The van der Waals surface area contributed by atoms with Crippen LogP contribution in [0.2, 0.25) is 0 Å². The van der Waals surface area contributed by atoms with Crippen LogP contribution in [-0.2, 0) is 4.79 Å². The Bertz CT molecular complexity index is 1060. The van der Waals surface area contributed by atoms with Crippen molar-refractivity contribution >= 4 is 11.8 Å². The van der Waals surface area contributed by atoms with Crippen LogP contribution in [0.5, 0.6) is 5.88 Å². The molecule has 192 valence electrons. The summed E-state index contributed by atoms with van der Waals surface area (Å²) in [6.45, 7) is 7.33. The highest BCUT2D eigenvalue weighted by Gasteiger charge is 2.35. The number of nitrogens with zero attached hydrogens (tertiary/aromatic N) is 3. The number of pyridine rings is 1. The number of amides is 2. The van der Waals surface area contributed by atoms with Gasteiger partial charge < -0.3 is 20.3 Å². The normalized spacial score (nSPS) is 22.2. The quantitative estimate of drug-likeness (QED) is 0.601. The van der Waals surface area contributed by atoms with E-state index in [0.717, 1.165) is 24.2 Å². The minimum atomic E-state index is -0.503. The van der Waals surface area contributed by atoms with Gasteiger partial charge in [0.2, 0.25) is 11.8 Å². The lowest BCUT2D eigenvalue weighted by molar-refractivity contribution is -0.121. The van der Waals surface area contributed by atoms with Gasteiger partial charge in [-0.3, -0.25) is 9.59 Å². The summed E-state index contributed by atoms with van der Waals surface area (Å²) < 4.78 is 6.02. The topological polar surface area (TPSA) is 88.8 Å². The number of carbonyl (C=O) groups is 2. The SMILES string of the molecule is CC1(CN2CCC(COc3ccc(-c4ccc(C(=O)N5CCC[C@H]5C(N)=O)cc4)cn3)CC2)CCC1. The molecule has 3 fully saturated rings. The molecule has 0 bridgehead atoms. The van der Waals surface area contributed by atoms with Crippen molar-refractivity contribution in [3.05, 3.63) is 48.2 Å². The van der Waals surface area contributed by atoms with Gasteiger partial charge in [0.1, 0.15) is 6.04 Å². The van der Waals surface area contributed by atoms with Crippen LogP contribution >= 0.6 is 0 Å². The maximum Gasteiger partial charge on any atom is 0.254 e. The van der Waals surface area contributed by atoms with Crippen molar-refractivity contribution in [3.63, 3.8) is 0 Å². The predicted molar refractivity (Wildman–Crippen MR) is 140 cm³/mol. The number of primary amides is 1. The first kappa shape index (κ1) is 24.8. The van der Waals surface area contributed by atoms with Gasteiger partial charge in [-0.25, -0.2) is 4.98 Å². The number of rotatable bonds is 8. The molecule has 1 saturated carbocycles. The van der Waals surface area contributed by atoms with Gasteiger partial charge in [-0.05, 0) is 86.7 Å². The molecule has 2 saturated heterocycles. The molecule has 1 atom stereocenters. The molecule has 2 N–H and O–H groups in total. The summed E-state index contributed by atoms with van der Waals surface area (Å²) in [5.74, 6) is 0.663. The van der Waals surface area contributed by atoms with Gasteiger partial charge in [0, 0.05) is 36.5 Å². The van der Waals surface area contributed by atoms with E-state index in [4.69, 9.17) is 10.5 Å². The molecule has 3 aliphatic rings. The fourth-order valence-electron chi connectivity index (χ4n) is 5.91. The van der Waals surface area contributed by atoms with Crippen molar-refractivity contribution in [3.8, 4) is 17.0 Å². The van der Waals surface area contributed by atoms with Crippen molar-refractivity contribution in [2.75, 3.05) is 32.8 Å². The third-order valence-electron chi connectivity index (χ3n) is 8.38. The minimum Gasteiger partial charge on any atom is -0.477 e. The Morgan fingerprint density at radius 3 is 2.33 bits per heavy atom. The standard InChI is InChI=1S/C29H38N4O3/c1-29(13-3-14-29)20-32-16-11-21(12-17-32)19-36-26-10-9-24(18-31-26)22-5-7-23(8-6-22)28(35)33-15-2-4-25(33)27(30)34/h5-10,18,21,25H,2-4,11-17,19-20H2,1H3,(H2,30,34)/t25-/m0/s1. The number of hydrogen-bond donors (Lipinski definition) is 1. The first-order chi connectivity index (χ1) is 17.4. The first-order valence-electron chi connectivity index (χ1n) is 13.4. The molecule has 1 aromatic heterocycles. The molecule has 0 spiro atoms. The van der Waals surface area contributed by atoms with E-state index < -0.39 is 11.9 Å². The Morgan fingerprint density at radius 2 is 1.72 bits per heavy atom. The van der Waals surface area contributed by atoms with Crippen molar-refractivity contribution in [1.29, 1.82) is 0 Å². The molecule has 2 aromatic rings. The molecule has 1 aliphatic carbocycles. The van der Waals surface area contributed by atoms with Crippen LogP contribution in [0.25, 0.3) is 11.1 Å². The van der Waals surface area contributed by atoms with E-state index in [0.29, 0.717) is 35.7 Å². The average Bonchev–Trinajstić information content (AvgIpc) is 3.38. The Morgan fingerprint density at radius 1 is 1.00 bits per heavy atom. The predicted octanol–water partition coefficient (Wildman–Crippen LogP) is 4.12. The summed E-state index contributed by atoms with van der Waals surface area (Å²) in [5.41, 5.74) is 8.53. The van der Waals surface area contributed by atoms with Crippen LogP contribution in [0.3, 0.4) is 0 Å². The lowest BCUT2D eigenvalue weighted by Crippen LogP contribution is -2.44. The van der Waals surface area contributed by atoms with Gasteiger partial charge in [0.25, 0.3) is 5.91 Å². The highest BCUT2D eigenvalue weighted by Crippen LogP contribution is 2.41. The number of benzene rings is 1. The fourth-order valence-corrected chi connectivity index (χ4v) is 5.91. The maximum absolute atomic E-state index is 12.8. The van der Waals surface area contributed by atoms with E-state index in [-0.39, 0.29) is 5.91 Å². The Labute approximate surface area is 214 Å². The number of carbonyl (C=O) groups excluding carboxylic acids is 2. The van der Waals surface area contributed by atoms with E-state index in [2.05, 4.69) is 16.8 Å². The third kappa shape index (κ3) is 5.56. The van der Waals surface area contributed by atoms with Crippen molar-refractivity contribution in [2.45, 2.75) is 57.9 Å². The van der Waals surface area contributed by atoms with Gasteiger partial charge in [-0.1, -0.05) is 25.5 Å². The number of hydrogen-bond acceptors (Lipinski definition) is 5. The number of aromatic nitrogens is 1. The summed E-state index contributed by atoms with van der Waals surface area (Å²) in [5, 5.41) is 0. The molecule has 2 amide bonds. The monoisotopic (exact) mass is 490 g/mol. The Kier molecular flexibility index (Phi) is 7.28. The van der Waals surface area contributed by atoms with E-state index in [1.807, 2.05) is 30.5 Å². The first-order valence-corrected chi connectivity index (χ1v) is 13.4.